The molecule has 2 amide bonds. The molecule has 3 aromatic rings. The van der Waals surface area contributed by atoms with Crippen LogP contribution in [0.3, 0.4) is 0 Å². The summed E-state index contributed by atoms with van der Waals surface area (Å²) in [6.45, 7) is 0.496. The second-order valence-corrected chi connectivity index (χ2v) is 8.14. The van der Waals surface area contributed by atoms with Crippen molar-refractivity contribution in [2.75, 3.05) is 6.54 Å². The van der Waals surface area contributed by atoms with E-state index in [0.29, 0.717) is 36.0 Å². The summed E-state index contributed by atoms with van der Waals surface area (Å²) < 4.78 is 27.7. The van der Waals surface area contributed by atoms with Gasteiger partial charge in [0.1, 0.15) is 17.3 Å². The third kappa shape index (κ3) is 2.96. The molecule has 30 heavy (non-hydrogen) atoms. The average molecular weight is 409 g/mol. The fourth-order valence-electron chi connectivity index (χ4n) is 5.01. The number of benzene rings is 2. The van der Waals surface area contributed by atoms with Gasteiger partial charge < -0.3 is 15.2 Å². The molecular weight excluding hydrogens is 388 g/mol. The highest BCUT2D eigenvalue weighted by molar-refractivity contribution is 5.98. The molecule has 2 atom stereocenters. The number of H-pyrrole nitrogens is 1. The number of piperidine rings is 1. The van der Waals surface area contributed by atoms with E-state index in [1.807, 2.05) is 0 Å². The molecule has 2 saturated heterocycles. The maximum absolute atomic E-state index is 14.1. The number of aromatic nitrogens is 1. The molecule has 0 aliphatic carbocycles. The summed E-state index contributed by atoms with van der Waals surface area (Å²) in [6.07, 6.45) is 2.49. The van der Waals surface area contributed by atoms with Crippen molar-refractivity contribution in [3.05, 3.63) is 71.4 Å². The van der Waals surface area contributed by atoms with E-state index in [4.69, 9.17) is 0 Å². The summed E-state index contributed by atoms with van der Waals surface area (Å²) >= 11 is 0. The summed E-state index contributed by atoms with van der Waals surface area (Å²) in [5.74, 6) is -1.05. The predicted octanol–water partition coefficient (Wildman–Crippen LogP) is 4.07. The van der Waals surface area contributed by atoms with Gasteiger partial charge in [0.05, 0.1) is 11.6 Å². The summed E-state index contributed by atoms with van der Waals surface area (Å²) in [4.78, 5) is 30.4. The van der Waals surface area contributed by atoms with E-state index in [1.165, 1.54) is 24.3 Å². The monoisotopic (exact) mass is 409 g/mol. The molecule has 0 unspecified atom stereocenters. The van der Waals surface area contributed by atoms with E-state index in [0.717, 1.165) is 18.4 Å². The molecule has 2 aromatic carbocycles. The molecule has 0 radical (unpaired) electrons. The topological polar surface area (TPSA) is 65.2 Å². The van der Waals surface area contributed by atoms with Crippen LogP contribution in [0.25, 0.3) is 10.9 Å². The number of fused-ring (bicyclic) bond motifs is 1. The Hall–Kier alpha value is -3.22. The molecule has 3 heterocycles. The highest BCUT2D eigenvalue weighted by Gasteiger charge is 2.51. The van der Waals surface area contributed by atoms with Gasteiger partial charge in [-0.2, -0.15) is 0 Å². The van der Waals surface area contributed by atoms with Crippen molar-refractivity contribution in [3.63, 3.8) is 0 Å². The van der Waals surface area contributed by atoms with Gasteiger partial charge in [-0.05, 0) is 55.2 Å². The lowest BCUT2D eigenvalue weighted by Crippen LogP contribution is -2.58. The zero-order valence-electron chi connectivity index (χ0n) is 16.3. The van der Waals surface area contributed by atoms with Gasteiger partial charge >= 0.3 is 0 Å². The Kier molecular flexibility index (Phi) is 4.34. The number of carbonyl (C=O) groups is 2. The van der Waals surface area contributed by atoms with Crippen molar-refractivity contribution >= 4 is 22.7 Å². The van der Waals surface area contributed by atoms with Crippen molar-refractivity contribution in [1.82, 2.24) is 15.2 Å². The molecule has 0 bridgehead atoms. The van der Waals surface area contributed by atoms with Crippen LogP contribution in [-0.2, 0) is 4.79 Å². The Morgan fingerprint density at radius 3 is 2.60 bits per heavy atom. The lowest BCUT2D eigenvalue weighted by atomic mass is 9.76. The van der Waals surface area contributed by atoms with Gasteiger partial charge in [0.15, 0.2) is 0 Å². The Morgan fingerprint density at radius 2 is 1.90 bits per heavy atom. The zero-order chi connectivity index (χ0) is 20.9. The molecule has 2 fully saturated rings. The number of hydrogen-bond acceptors (Lipinski definition) is 2. The first-order chi connectivity index (χ1) is 14.5. The van der Waals surface area contributed by atoms with Crippen molar-refractivity contribution in [3.8, 4) is 0 Å². The van der Waals surface area contributed by atoms with Crippen molar-refractivity contribution in [2.45, 2.75) is 37.3 Å². The van der Waals surface area contributed by atoms with Crippen LogP contribution in [0.4, 0.5) is 8.78 Å². The summed E-state index contributed by atoms with van der Waals surface area (Å²) in [7, 11) is 0. The fourth-order valence-corrected chi connectivity index (χ4v) is 5.01. The van der Waals surface area contributed by atoms with Gasteiger partial charge in [-0.25, -0.2) is 8.78 Å². The molecule has 2 aliphatic heterocycles. The quantitative estimate of drug-likeness (QED) is 0.670. The minimum absolute atomic E-state index is 0.0379. The van der Waals surface area contributed by atoms with Gasteiger partial charge in [-0.3, -0.25) is 9.59 Å². The highest BCUT2D eigenvalue weighted by Crippen LogP contribution is 2.45. The second kappa shape index (κ2) is 6.93. The van der Waals surface area contributed by atoms with E-state index >= 15 is 0 Å². The number of rotatable bonds is 2. The minimum Gasteiger partial charge on any atom is -0.350 e. The van der Waals surface area contributed by atoms with Crippen molar-refractivity contribution in [2.24, 2.45) is 0 Å². The fraction of sp³-hybridized carbons (Fsp3) is 0.304. The number of nitrogens with zero attached hydrogens (tertiary/aromatic N) is 1. The van der Waals surface area contributed by atoms with Crippen LogP contribution in [0.5, 0.6) is 0 Å². The first-order valence-electron chi connectivity index (χ1n) is 10.1. The van der Waals surface area contributed by atoms with Crippen LogP contribution in [0.2, 0.25) is 0 Å². The molecule has 154 valence electrons. The number of nitrogens with one attached hydrogen (secondary N) is 2. The average Bonchev–Trinajstić information content (AvgIpc) is 3.33. The Balaban J connectivity index is 1.58. The van der Waals surface area contributed by atoms with Gasteiger partial charge in [0.2, 0.25) is 5.91 Å². The summed E-state index contributed by atoms with van der Waals surface area (Å²) in [5.41, 5.74) is 1.04. The lowest BCUT2D eigenvalue weighted by molar-refractivity contribution is -0.120. The zero-order valence-corrected chi connectivity index (χ0v) is 16.3. The smallest absolute Gasteiger partial charge is 0.270 e. The maximum Gasteiger partial charge on any atom is 0.270 e. The van der Waals surface area contributed by atoms with Gasteiger partial charge in [-0.1, -0.05) is 18.2 Å². The van der Waals surface area contributed by atoms with Crippen LogP contribution in [0.1, 0.15) is 47.8 Å². The van der Waals surface area contributed by atoms with Crippen molar-refractivity contribution < 1.29 is 18.4 Å². The van der Waals surface area contributed by atoms with E-state index in [1.54, 1.807) is 29.2 Å². The van der Waals surface area contributed by atoms with E-state index in [9.17, 15) is 18.4 Å². The molecule has 1 aromatic heterocycles. The van der Waals surface area contributed by atoms with Crippen LogP contribution in [0, 0.1) is 11.6 Å². The van der Waals surface area contributed by atoms with Crippen LogP contribution in [0.15, 0.2) is 48.5 Å². The van der Waals surface area contributed by atoms with Crippen LogP contribution in [-0.4, -0.2) is 33.8 Å². The van der Waals surface area contributed by atoms with E-state index in [-0.39, 0.29) is 17.6 Å². The standard InChI is InChI=1S/C23H21F2N3O2/c24-15-7-5-14(6-8-15)21-23(11-9-20(29)27-23)10-2-12-28(21)22(30)19-13-16-17(25)3-1-4-18(16)26-19/h1,3-8,13,21,26H,2,9-12H2,(H,27,29)/t21-,23+/m1/s1. The predicted molar refractivity (Wildman–Crippen MR) is 108 cm³/mol. The van der Waals surface area contributed by atoms with Crippen molar-refractivity contribution in [1.29, 1.82) is 0 Å². The first-order valence-corrected chi connectivity index (χ1v) is 10.1. The molecule has 1 spiro atoms. The highest BCUT2D eigenvalue weighted by atomic mass is 19.1. The maximum atomic E-state index is 14.1. The van der Waals surface area contributed by atoms with Gasteiger partial charge in [0, 0.05) is 23.9 Å². The summed E-state index contributed by atoms with van der Waals surface area (Å²) in [5, 5.41) is 3.47. The number of halogens is 2. The van der Waals surface area contributed by atoms with E-state index < -0.39 is 17.4 Å². The molecule has 2 N–H and O–H groups in total. The van der Waals surface area contributed by atoms with Gasteiger partial charge in [0.25, 0.3) is 5.91 Å². The number of hydrogen-bond donors (Lipinski definition) is 2. The molecule has 5 nitrogen and oxygen atoms in total. The normalized spacial score (nSPS) is 23.9. The Bertz CT molecular complexity index is 1140. The molecule has 7 heteroatoms. The second-order valence-electron chi connectivity index (χ2n) is 8.14. The molecule has 2 aliphatic rings. The number of aromatic amines is 1. The third-order valence-electron chi connectivity index (χ3n) is 6.33. The third-order valence-corrected chi connectivity index (χ3v) is 6.33. The lowest BCUT2D eigenvalue weighted by Gasteiger charge is -2.48. The molecule has 5 rings (SSSR count). The Morgan fingerprint density at radius 1 is 1.10 bits per heavy atom. The SMILES string of the molecule is O=C1CC[C@]2(CCCN(C(=O)c3cc4c(F)cccc4[nH]3)[C@@H]2c2ccc(F)cc2)N1. The molecular formula is C23H21F2N3O2. The van der Waals surface area contributed by atoms with E-state index in [2.05, 4.69) is 10.3 Å². The summed E-state index contributed by atoms with van der Waals surface area (Å²) in [6, 6.07) is 11.9. The van der Waals surface area contributed by atoms with Crippen LogP contribution < -0.4 is 5.32 Å². The number of carbonyl (C=O) groups excluding carboxylic acids is 2. The molecule has 0 saturated carbocycles. The number of amides is 2. The first kappa shape index (κ1) is 18.8. The van der Waals surface area contributed by atoms with Crippen LogP contribution >= 0.6 is 0 Å². The Labute approximate surface area is 172 Å². The number of likely N-dealkylation sites (tertiary alicyclic amines) is 1. The largest absolute Gasteiger partial charge is 0.350 e. The van der Waals surface area contributed by atoms with Gasteiger partial charge in [-0.15, -0.1) is 0 Å². The minimum atomic E-state index is -0.583.